The summed E-state index contributed by atoms with van der Waals surface area (Å²) in [6.45, 7) is 7.70. The first-order chi connectivity index (χ1) is 14.6. The summed E-state index contributed by atoms with van der Waals surface area (Å²) in [7, 11) is 3.89. The van der Waals surface area contributed by atoms with Crippen molar-refractivity contribution in [3.8, 4) is 0 Å². The number of ketones is 1. The van der Waals surface area contributed by atoms with Crippen LogP contribution in [0.25, 0.3) is 0 Å². The molecule has 1 N–H and O–H groups in total. The van der Waals surface area contributed by atoms with Gasteiger partial charge in [-0.25, -0.2) is 4.79 Å². The smallest absolute Gasteiger partial charge is 0.330 e. The molecule has 0 saturated heterocycles. The van der Waals surface area contributed by atoms with Crippen molar-refractivity contribution >= 4 is 11.8 Å². The maximum absolute atomic E-state index is 13.8. The van der Waals surface area contributed by atoms with Gasteiger partial charge in [-0.05, 0) is 88.6 Å². The fourth-order valence-electron chi connectivity index (χ4n) is 6.96. The summed E-state index contributed by atoms with van der Waals surface area (Å²) in [6, 6.07) is 0. The van der Waals surface area contributed by atoms with Gasteiger partial charge in [0.25, 0.3) is 0 Å². The average molecular weight is 434 g/mol. The van der Waals surface area contributed by atoms with Crippen LogP contribution >= 0.6 is 0 Å². The predicted octanol–water partition coefficient (Wildman–Crippen LogP) is 4.24. The molecule has 5 nitrogen and oxygen atoms in total. The molecule has 0 heterocycles. The van der Waals surface area contributed by atoms with Gasteiger partial charge in [0.15, 0.2) is 0 Å². The van der Waals surface area contributed by atoms with Crippen molar-refractivity contribution in [1.82, 2.24) is 4.90 Å². The molecule has 3 rings (SSSR count). The molecule has 3 saturated carbocycles. The Bertz CT molecular complexity index is 689. The Balaban J connectivity index is 1.69. The summed E-state index contributed by atoms with van der Waals surface area (Å²) in [5.41, 5.74) is -0.222. The number of nitrogens with zero attached hydrogens (tertiary/aromatic N) is 1. The molecule has 0 radical (unpaired) electrons. The minimum Gasteiger partial charge on any atom is -0.461 e. The molecule has 0 aromatic heterocycles. The van der Waals surface area contributed by atoms with E-state index in [2.05, 4.69) is 20.8 Å². The number of ether oxygens (including phenoxy) is 1. The zero-order valence-electron chi connectivity index (χ0n) is 20.2. The Labute approximate surface area is 188 Å². The van der Waals surface area contributed by atoms with Crippen LogP contribution in [0.5, 0.6) is 0 Å². The van der Waals surface area contributed by atoms with Gasteiger partial charge < -0.3 is 14.7 Å². The van der Waals surface area contributed by atoms with E-state index in [1.807, 2.05) is 25.1 Å². The van der Waals surface area contributed by atoms with Gasteiger partial charge >= 0.3 is 5.97 Å². The SMILES string of the molecule is CC[C@H](/C=C/C(=O)OCCN(C)C)[C@@]1(C)CC[C@H]2[C@@H](CC[C@@H]3C[C@@H](O)CC[C@@]32C)C1=O. The van der Waals surface area contributed by atoms with Crippen molar-refractivity contribution in [3.05, 3.63) is 12.2 Å². The van der Waals surface area contributed by atoms with Crippen LogP contribution in [0.2, 0.25) is 0 Å². The van der Waals surface area contributed by atoms with E-state index in [9.17, 15) is 14.7 Å². The molecule has 0 amide bonds. The predicted molar refractivity (Wildman–Crippen MR) is 122 cm³/mol. The lowest BCUT2D eigenvalue weighted by atomic mass is 9.46. The fourth-order valence-corrected chi connectivity index (χ4v) is 6.96. The van der Waals surface area contributed by atoms with Gasteiger partial charge in [-0.2, -0.15) is 0 Å². The Morgan fingerprint density at radius 3 is 2.65 bits per heavy atom. The molecule has 0 unspecified atom stereocenters. The molecule has 3 aliphatic carbocycles. The third kappa shape index (κ3) is 4.93. The van der Waals surface area contributed by atoms with Gasteiger partial charge in [-0.1, -0.05) is 26.8 Å². The van der Waals surface area contributed by atoms with Gasteiger partial charge in [0.1, 0.15) is 12.4 Å². The number of Topliss-reactive ketones (excluding diaryl/α,β-unsaturated/α-hetero) is 1. The Hall–Kier alpha value is -1.20. The summed E-state index contributed by atoms with van der Waals surface area (Å²) in [4.78, 5) is 28.0. The summed E-state index contributed by atoms with van der Waals surface area (Å²) in [5, 5.41) is 10.2. The minimum atomic E-state index is -0.409. The van der Waals surface area contributed by atoms with Crippen LogP contribution in [0.1, 0.15) is 72.1 Å². The van der Waals surface area contributed by atoms with Gasteiger partial charge in [-0.15, -0.1) is 0 Å². The maximum atomic E-state index is 13.8. The van der Waals surface area contributed by atoms with E-state index in [1.165, 1.54) is 6.08 Å². The lowest BCUT2D eigenvalue weighted by Gasteiger charge is -2.58. The van der Waals surface area contributed by atoms with Crippen molar-refractivity contribution in [2.45, 2.75) is 78.2 Å². The lowest BCUT2D eigenvalue weighted by molar-refractivity contribution is -0.156. The number of aliphatic hydroxyl groups excluding tert-OH is 1. The highest BCUT2D eigenvalue weighted by molar-refractivity contribution is 5.89. The van der Waals surface area contributed by atoms with Crippen molar-refractivity contribution in [1.29, 1.82) is 0 Å². The van der Waals surface area contributed by atoms with E-state index in [0.29, 0.717) is 30.8 Å². The number of fused-ring (bicyclic) bond motifs is 3. The number of allylic oxidation sites excluding steroid dienone is 1. The van der Waals surface area contributed by atoms with Gasteiger partial charge in [0, 0.05) is 24.0 Å². The third-order valence-corrected chi connectivity index (χ3v) is 9.04. The zero-order valence-corrected chi connectivity index (χ0v) is 20.2. The fraction of sp³-hybridized carbons (Fsp3) is 0.846. The van der Waals surface area contributed by atoms with Crippen LogP contribution in [0.4, 0.5) is 0 Å². The minimum absolute atomic E-state index is 0.0565. The number of likely N-dealkylation sites (N-methyl/N-ethyl adjacent to an activating group) is 1. The highest BCUT2D eigenvalue weighted by Gasteiger charge is 2.57. The summed E-state index contributed by atoms with van der Waals surface area (Å²) in [6.07, 6.45) is 10.9. The van der Waals surface area contributed by atoms with Crippen molar-refractivity contribution < 1.29 is 19.4 Å². The van der Waals surface area contributed by atoms with Crippen LogP contribution in [0, 0.1) is 34.5 Å². The third-order valence-electron chi connectivity index (χ3n) is 9.04. The topological polar surface area (TPSA) is 66.8 Å². The number of carbonyl (C=O) groups is 2. The van der Waals surface area contributed by atoms with Gasteiger partial charge in [0.2, 0.25) is 0 Å². The molecule has 176 valence electrons. The first-order valence-electron chi connectivity index (χ1n) is 12.3. The second-order valence-electron chi connectivity index (χ2n) is 11.1. The molecule has 7 atom stereocenters. The molecular formula is C26H43NO4. The highest BCUT2D eigenvalue weighted by atomic mass is 16.5. The van der Waals surface area contributed by atoms with E-state index >= 15 is 0 Å². The first-order valence-corrected chi connectivity index (χ1v) is 12.3. The molecule has 0 aliphatic heterocycles. The van der Waals surface area contributed by atoms with Crippen LogP contribution in [0.3, 0.4) is 0 Å². The van der Waals surface area contributed by atoms with E-state index in [-0.39, 0.29) is 29.3 Å². The number of aliphatic hydroxyl groups is 1. The van der Waals surface area contributed by atoms with E-state index in [4.69, 9.17) is 4.74 Å². The quantitative estimate of drug-likeness (QED) is 0.481. The van der Waals surface area contributed by atoms with Crippen molar-refractivity contribution in [3.63, 3.8) is 0 Å². The normalized spacial score (nSPS) is 39.3. The molecular weight excluding hydrogens is 390 g/mol. The molecule has 31 heavy (non-hydrogen) atoms. The van der Waals surface area contributed by atoms with Gasteiger partial charge in [0.05, 0.1) is 6.10 Å². The second-order valence-corrected chi connectivity index (χ2v) is 11.1. The summed E-state index contributed by atoms with van der Waals surface area (Å²) < 4.78 is 5.29. The first kappa shape index (κ1) is 24.4. The number of rotatable bonds is 7. The number of hydrogen-bond donors (Lipinski definition) is 1. The second kappa shape index (κ2) is 9.74. The highest BCUT2D eigenvalue weighted by Crippen LogP contribution is 2.61. The average Bonchev–Trinajstić information content (AvgIpc) is 2.71. The lowest BCUT2D eigenvalue weighted by Crippen LogP contribution is -2.55. The molecule has 0 aromatic carbocycles. The number of carbonyl (C=O) groups excluding carboxylic acids is 2. The Kier molecular flexibility index (Phi) is 7.68. The van der Waals surface area contributed by atoms with Crippen molar-refractivity contribution in [2.75, 3.05) is 27.2 Å². The Morgan fingerprint density at radius 2 is 1.97 bits per heavy atom. The molecule has 5 heteroatoms. The molecule has 0 bridgehead atoms. The monoisotopic (exact) mass is 433 g/mol. The van der Waals surface area contributed by atoms with Crippen LogP contribution < -0.4 is 0 Å². The van der Waals surface area contributed by atoms with Crippen LogP contribution in [-0.2, 0) is 14.3 Å². The zero-order chi connectivity index (χ0) is 22.8. The molecule has 3 fully saturated rings. The molecule has 3 aliphatic rings. The Morgan fingerprint density at radius 1 is 1.23 bits per heavy atom. The van der Waals surface area contributed by atoms with E-state index < -0.39 is 5.41 Å². The number of esters is 1. The standard InChI is InChI=1S/C26H43NO4/c1-6-18(8-10-23(29)31-16-15-27(4)5)26(3)14-12-22-21(24(26)30)9-7-19-17-20(28)11-13-25(19,22)2/h8,10,18-22,28H,6-7,9,11-17H2,1-5H3/b10-8+/t18-,19-,20+,21-,22+,25+,26-/m1/s1. The van der Waals surface area contributed by atoms with Crippen LogP contribution in [0.15, 0.2) is 12.2 Å². The summed E-state index contributed by atoms with van der Waals surface area (Å²) >= 11 is 0. The van der Waals surface area contributed by atoms with E-state index in [1.54, 1.807) is 0 Å². The molecule has 0 spiro atoms. The van der Waals surface area contributed by atoms with Gasteiger partial charge in [-0.3, -0.25) is 4.79 Å². The number of hydrogen-bond acceptors (Lipinski definition) is 5. The van der Waals surface area contributed by atoms with Crippen molar-refractivity contribution in [2.24, 2.45) is 34.5 Å². The van der Waals surface area contributed by atoms with Crippen LogP contribution in [-0.4, -0.2) is 55.1 Å². The summed E-state index contributed by atoms with van der Waals surface area (Å²) in [5.74, 6) is 1.27. The maximum Gasteiger partial charge on any atom is 0.330 e. The van der Waals surface area contributed by atoms with E-state index in [0.717, 1.165) is 51.4 Å². The molecule has 0 aromatic rings. The largest absolute Gasteiger partial charge is 0.461 e.